The zero-order valence-corrected chi connectivity index (χ0v) is 10.1. The Morgan fingerprint density at radius 2 is 1.68 bits per heavy atom. The second kappa shape index (κ2) is 4.28. The van der Waals surface area contributed by atoms with Crippen LogP contribution in [-0.4, -0.2) is 22.1 Å². The third-order valence-corrected chi connectivity index (χ3v) is 3.11. The highest BCUT2D eigenvalue weighted by Gasteiger charge is 2.21. The van der Waals surface area contributed by atoms with Crippen LogP contribution in [0.2, 0.25) is 0 Å². The van der Waals surface area contributed by atoms with Gasteiger partial charge in [0.2, 0.25) is 0 Å². The second-order valence-corrected chi connectivity index (χ2v) is 4.43. The first kappa shape index (κ1) is 11.5. The molecule has 0 aliphatic carbocycles. The Hall–Kier alpha value is -2.56. The lowest BCUT2D eigenvalue weighted by Gasteiger charge is -2.31. The smallest absolute Gasteiger partial charge is 0.161 e. The van der Waals surface area contributed by atoms with Crippen molar-refractivity contribution in [3.8, 4) is 23.0 Å². The van der Waals surface area contributed by atoms with Crippen molar-refractivity contribution in [1.29, 1.82) is 0 Å². The maximum atomic E-state index is 9.84. The number of rotatable bonds is 1. The van der Waals surface area contributed by atoms with Gasteiger partial charge in [0.25, 0.3) is 0 Å². The van der Waals surface area contributed by atoms with Crippen LogP contribution in [0, 0.1) is 0 Å². The van der Waals surface area contributed by atoms with Gasteiger partial charge in [-0.05, 0) is 24.3 Å². The summed E-state index contributed by atoms with van der Waals surface area (Å²) < 4.78 is 5.53. The van der Waals surface area contributed by atoms with E-state index < -0.39 is 0 Å². The predicted molar refractivity (Wildman–Crippen MR) is 69.6 cm³/mol. The van der Waals surface area contributed by atoms with Gasteiger partial charge < -0.3 is 25.0 Å². The minimum Gasteiger partial charge on any atom is -0.508 e. The van der Waals surface area contributed by atoms with Gasteiger partial charge in [-0.1, -0.05) is 0 Å². The Bertz CT molecular complexity index is 610. The molecule has 0 amide bonds. The number of phenols is 3. The molecule has 0 spiro atoms. The highest BCUT2D eigenvalue weighted by Crippen LogP contribution is 2.37. The first-order valence-electron chi connectivity index (χ1n) is 5.85. The number of benzene rings is 2. The van der Waals surface area contributed by atoms with Crippen molar-refractivity contribution in [3.05, 3.63) is 42.0 Å². The van der Waals surface area contributed by atoms with E-state index in [9.17, 15) is 15.3 Å². The first-order valence-corrected chi connectivity index (χ1v) is 5.85. The van der Waals surface area contributed by atoms with E-state index in [0.717, 1.165) is 5.69 Å². The summed E-state index contributed by atoms with van der Waals surface area (Å²) in [6.45, 7) is 0.799. The second-order valence-electron chi connectivity index (χ2n) is 4.43. The molecule has 0 unspecified atom stereocenters. The van der Waals surface area contributed by atoms with Gasteiger partial charge >= 0.3 is 0 Å². The largest absolute Gasteiger partial charge is 0.508 e. The number of fused-ring (bicyclic) bond motifs is 1. The summed E-state index contributed by atoms with van der Waals surface area (Å²) in [6, 6.07) is 9.54. The van der Waals surface area contributed by atoms with Gasteiger partial charge in [-0.3, -0.25) is 0 Å². The molecule has 0 saturated carbocycles. The molecule has 3 N–H and O–H groups in total. The Kier molecular flexibility index (Phi) is 2.59. The molecule has 0 fully saturated rings. The van der Waals surface area contributed by atoms with Crippen LogP contribution in [0.3, 0.4) is 0 Å². The SMILES string of the molecule is Oc1ccc(N2COc3cc(O)cc(O)c3C2)cc1. The molecular weight excluding hydrogens is 246 g/mol. The third-order valence-electron chi connectivity index (χ3n) is 3.11. The van der Waals surface area contributed by atoms with Gasteiger partial charge in [-0.25, -0.2) is 0 Å². The van der Waals surface area contributed by atoms with Crippen LogP contribution < -0.4 is 9.64 Å². The van der Waals surface area contributed by atoms with Crippen LogP contribution in [0.5, 0.6) is 23.0 Å². The fourth-order valence-electron chi connectivity index (χ4n) is 2.12. The lowest BCUT2D eigenvalue weighted by molar-refractivity contribution is 0.282. The van der Waals surface area contributed by atoms with Gasteiger partial charge in [-0.15, -0.1) is 0 Å². The third kappa shape index (κ3) is 2.10. The Morgan fingerprint density at radius 1 is 0.947 bits per heavy atom. The van der Waals surface area contributed by atoms with E-state index in [1.54, 1.807) is 24.3 Å². The standard InChI is InChI=1S/C14H13NO4/c16-10-3-1-9(2-4-10)15-7-12-13(18)5-11(17)6-14(12)19-8-15/h1-6,16-18H,7-8H2. The molecule has 0 atom stereocenters. The number of aromatic hydroxyl groups is 3. The summed E-state index contributed by atoms with van der Waals surface area (Å²) >= 11 is 0. The van der Waals surface area contributed by atoms with E-state index >= 15 is 0 Å². The van der Waals surface area contributed by atoms with Crippen LogP contribution in [-0.2, 0) is 6.54 Å². The van der Waals surface area contributed by atoms with E-state index in [1.807, 2.05) is 4.90 Å². The lowest BCUT2D eigenvalue weighted by atomic mass is 10.1. The number of nitrogens with zero attached hydrogens (tertiary/aromatic N) is 1. The van der Waals surface area contributed by atoms with Crippen molar-refractivity contribution in [2.75, 3.05) is 11.6 Å². The van der Waals surface area contributed by atoms with Crippen molar-refractivity contribution in [3.63, 3.8) is 0 Å². The van der Waals surface area contributed by atoms with Crippen molar-refractivity contribution in [1.82, 2.24) is 0 Å². The highest BCUT2D eigenvalue weighted by molar-refractivity contribution is 5.56. The Morgan fingerprint density at radius 3 is 2.42 bits per heavy atom. The van der Waals surface area contributed by atoms with Gasteiger partial charge in [0.15, 0.2) is 6.73 Å². The molecule has 5 heteroatoms. The molecule has 19 heavy (non-hydrogen) atoms. The fourth-order valence-corrected chi connectivity index (χ4v) is 2.12. The number of anilines is 1. The first-order chi connectivity index (χ1) is 9.13. The molecule has 2 aromatic carbocycles. The maximum absolute atomic E-state index is 9.84. The fraction of sp³-hybridized carbons (Fsp3) is 0.143. The van der Waals surface area contributed by atoms with Crippen LogP contribution in [0.15, 0.2) is 36.4 Å². The summed E-state index contributed by atoms with van der Waals surface area (Å²) in [5, 5.41) is 28.5. The van der Waals surface area contributed by atoms with E-state index in [4.69, 9.17) is 4.74 Å². The molecule has 1 heterocycles. The average Bonchev–Trinajstić information content (AvgIpc) is 2.39. The molecule has 3 rings (SSSR count). The van der Waals surface area contributed by atoms with Gasteiger partial charge in [0, 0.05) is 17.8 Å². The van der Waals surface area contributed by atoms with E-state index in [0.29, 0.717) is 24.6 Å². The van der Waals surface area contributed by atoms with Crippen LogP contribution in [0.25, 0.3) is 0 Å². The Balaban J connectivity index is 1.92. The normalized spacial score (nSPS) is 13.8. The van der Waals surface area contributed by atoms with E-state index in [2.05, 4.69) is 0 Å². The number of phenolic OH excluding ortho intramolecular Hbond substituents is 3. The quantitative estimate of drug-likeness (QED) is 0.732. The minimum absolute atomic E-state index is 0.0125. The topological polar surface area (TPSA) is 73.2 Å². The highest BCUT2D eigenvalue weighted by atomic mass is 16.5. The van der Waals surface area contributed by atoms with Crippen LogP contribution in [0.4, 0.5) is 5.69 Å². The lowest BCUT2D eigenvalue weighted by Crippen LogP contribution is -2.31. The van der Waals surface area contributed by atoms with E-state index in [-0.39, 0.29) is 17.2 Å². The summed E-state index contributed by atoms with van der Waals surface area (Å²) in [5.41, 5.74) is 1.52. The molecule has 98 valence electrons. The van der Waals surface area contributed by atoms with Gasteiger partial charge in [0.1, 0.15) is 23.0 Å². The van der Waals surface area contributed by atoms with Crippen LogP contribution >= 0.6 is 0 Å². The maximum Gasteiger partial charge on any atom is 0.161 e. The summed E-state index contributed by atoms with van der Waals surface area (Å²) in [6.07, 6.45) is 0. The average molecular weight is 259 g/mol. The van der Waals surface area contributed by atoms with Crippen molar-refractivity contribution >= 4 is 5.69 Å². The summed E-state index contributed by atoms with van der Waals surface area (Å²) in [7, 11) is 0. The molecule has 0 radical (unpaired) electrons. The predicted octanol–water partition coefficient (Wildman–Crippen LogP) is 2.16. The molecule has 1 aliphatic rings. The van der Waals surface area contributed by atoms with Crippen molar-refractivity contribution in [2.45, 2.75) is 6.54 Å². The van der Waals surface area contributed by atoms with Gasteiger partial charge in [-0.2, -0.15) is 0 Å². The van der Waals surface area contributed by atoms with Crippen molar-refractivity contribution in [2.24, 2.45) is 0 Å². The zero-order chi connectivity index (χ0) is 13.4. The molecule has 0 saturated heterocycles. The number of hydrogen-bond donors (Lipinski definition) is 3. The minimum atomic E-state index is -0.0191. The number of hydrogen-bond acceptors (Lipinski definition) is 5. The molecule has 0 aromatic heterocycles. The summed E-state index contributed by atoms with van der Waals surface area (Å²) in [4.78, 5) is 1.92. The molecule has 0 bridgehead atoms. The van der Waals surface area contributed by atoms with Crippen molar-refractivity contribution < 1.29 is 20.1 Å². The van der Waals surface area contributed by atoms with E-state index in [1.165, 1.54) is 12.1 Å². The zero-order valence-electron chi connectivity index (χ0n) is 10.1. The molecule has 2 aromatic rings. The van der Waals surface area contributed by atoms with Crippen LogP contribution in [0.1, 0.15) is 5.56 Å². The Labute approximate surface area is 109 Å². The monoisotopic (exact) mass is 259 g/mol. The van der Waals surface area contributed by atoms with Gasteiger partial charge in [0.05, 0.1) is 12.1 Å². The summed E-state index contributed by atoms with van der Waals surface area (Å²) in [5.74, 6) is 0.690. The molecular formula is C14H13NO4. The molecule has 1 aliphatic heterocycles. The molecule has 5 nitrogen and oxygen atoms in total. The number of ether oxygens (including phenoxy) is 1.